The summed E-state index contributed by atoms with van der Waals surface area (Å²) in [4.78, 5) is 0. The third kappa shape index (κ3) is 1.76. The summed E-state index contributed by atoms with van der Waals surface area (Å²) in [6, 6.07) is 8.56. The van der Waals surface area contributed by atoms with Crippen LogP contribution in [0.25, 0.3) is 0 Å². The van der Waals surface area contributed by atoms with Crippen molar-refractivity contribution in [3.05, 3.63) is 29.8 Å². The number of nitrogens with one attached hydrogen (secondary N) is 1. The summed E-state index contributed by atoms with van der Waals surface area (Å²) >= 11 is 1.88. The van der Waals surface area contributed by atoms with Gasteiger partial charge in [-0.05, 0) is 35.6 Å². The Hall–Kier alpha value is -0.670. The van der Waals surface area contributed by atoms with Gasteiger partial charge in [-0.15, -0.1) is 0 Å². The Bertz CT molecular complexity index is 435. The fourth-order valence-corrected chi connectivity index (χ4v) is 4.83. The van der Waals surface area contributed by atoms with E-state index in [1.54, 1.807) is 0 Å². The largest absolute Gasteiger partial charge is 0.386 e. The predicted octanol–water partition coefficient (Wildman–Crippen LogP) is 2.92. The Morgan fingerprint density at radius 2 is 2.11 bits per heavy atom. The van der Waals surface area contributed by atoms with Gasteiger partial charge in [-0.25, -0.2) is 0 Å². The lowest BCUT2D eigenvalue weighted by atomic mass is 9.69. The summed E-state index contributed by atoms with van der Waals surface area (Å²) in [6.45, 7) is 4.41. The molecule has 0 spiro atoms. The van der Waals surface area contributed by atoms with E-state index in [2.05, 4.69) is 43.4 Å². The molecule has 0 amide bonds. The number of thioether (sulfide) groups is 1. The minimum absolute atomic E-state index is 0.0159. The fourth-order valence-electron chi connectivity index (χ4n) is 3.13. The predicted molar refractivity (Wildman–Crippen MR) is 78.2 cm³/mol. The van der Waals surface area contributed by atoms with Gasteiger partial charge < -0.3 is 10.4 Å². The second kappa shape index (κ2) is 4.17. The van der Waals surface area contributed by atoms with E-state index in [0.29, 0.717) is 0 Å². The van der Waals surface area contributed by atoms with Crippen LogP contribution in [0.5, 0.6) is 0 Å². The fraction of sp³-hybridized carbons (Fsp3) is 0.600. The zero-order valence-corrected chi connectivity index (χ0v) is 11.9. The van der Waals surface area contributed by atoms with Crippen molar-refractivity contribution in [2.75, 3.05) is 16.8 Å². The molecule has 2 unspecified atom stereocenters. The van der Waals surface area contributed by atoms with Gasteiger partial charge in [-0.1, -0.05) is 32.0 Å². The van der Waals surface area contributed by atoms with E-state index in [0.717, 1.165) is 24.3 Å². The van der Waals surface area contributed by atoms with Crippen molar-refractivity contribution in [2.45, 2.75) is 38.3 Å². The number of rotatable bonds is 1. The Morgan fingerprint density at radius 1 is 1.33 bits per heavy atom. The van der Waals surface area contributed by atoms with Crippen LogP contribution in [-0.2, 0) is 6.42 Å². The molecule has 0 radical (unpaired) electrons. The first kappa shape index (κ1) is 12.4. The van der Waals surface area contributed by atoms with Crippen molar-refractivity contribution < 1.29 is 5.11 Å². The molecule has 2 aliphatic heterocycles. The van der Waals surface area contributed by atoms with Crippen LogP contribution in [0.1, 0.15) is 25.8 Å². The third-order valence-corrected chi connectivity index (χ3v) is 5.85. The van der Waals surface area contributed by atoms with Gasteiger partial charge in [0.25, 0.3) is 0 Å². The third-order valence-electron chi connectivity index (χ3n) is 4.71. The average Bonchev–Trinajstić information content (AvgIpc) is 2.77. The normalized spacial score (nSPS) is 33.8. The number of hydrogen-bond donors (Lipinski definition) is 2. The lowest BCUT2D eigenvalue weighted by Crippen LogP contribution is -2.60. The van der Waals surface area contributed by atoms with E-state index in [4.69, 9.17) is 0 Å². The van der Waals surface area contributed by atoms with Crippen LogP contribution < -0.4 is 5.32 Å². The molecule has 0 aromatic heterocycles. The van der Waals surface area contributed by atoms with E-state index < -0.39 is 5.60 Å². The van der Waals surface area contributed by atoms with Gasteiger partial charge in [0.05, 0.1) is 11.6 Å². The van der Waals surface area contributed by atoms with Crippen molar-refractivity contribution in [2.24, 2.45) is 5.41 Å². The molecule has 2 aliphatic rings. The maximum atomic E-state index is 11.2. The number of hydrogen-bond acceptors (Lipinski definition) is 3. The van der Waals surface area contributed by atoms with E-state index in [9.17, 15) is 5.11 Å². The van der Waals surface area contributed by atoms with Gasteiger partial charge in [0.2, 0.25) is 0 Å². The van der Waals surface area contributed by atoms with Gasteiger partial charge in [-0.3, -0.25) is 0 Å². The molecular formula is C15H21NOS. The van der Waals surface area contributed by atoms with Crippen LogP contribution in [0.15, 0.2) is 24.3 Å². The van der Waals surface area contributed by atoms with E-state index in [-0.39, 0.29) is 11.5 Å². The minimum Gasteiger partial charge on any atom is -0.386 e. The molecule has 3 heteroatoms. The topological polar surface area (TPSA) is 32.3 Å². The van der Waals surface area contributed by atoms with Crippen LogP contribution in [0, 0.1) is 5.41 Å². The summed E-state index contributed by atoms with van der Waals surface area (Å²) in [7, 11) is 0. The summed E-state index contributed by atoms with van der Waals surface area (Å²) in [5.41, 5.74) is 1.90. The Morgan fingerprint density at radius 3 is 2.83 bits per heavy atom. The lowest BCUT2D eigenvalue weighted by Gasteiger charge is -2.49. The highest BCUT2D eigenvalue weighted by atomic mass is 32.2. The number of anilines is 1. The minimum atomic E-state index is -0.616. The molecule has 0 aliphatic carbocycles. The quantitative estimate of drug-likeness (QED) is 0.817. The van der Waals surface area contributed by atoms with Gasteiger partial charge in [0.1, 0.15) is 0 Å². The summed E-state index contributed by atoms with van der Waals surface area (Å²) in [5.74, 6) is 2.00. The van der Waals surface area contributed by atoms with Gasteiger partial charge in [-0.2, -0.15) is 11.8 Å². The molecule has 2 nitrogen and oxygen atoms in total. The average molecular weight is 263 g/mol. The van der Waals surface area contributed by atoms with Crippen LogP contribution in [0.4, 0.5) is 5.69 Å². The summed E-state index contributed by atoms with van der Waals surface area (Å²) in [5, 5.41) is 14.7. The molecule has 2 heterocycles. The smallest absolute Gasteiger partial charge is 0.0991 e. The first-order chi connectivity index (χ1) is 8.53. The first-order valence-corrected chi connectivity index (χ1v) is 7.83. The summed E-state index contributed by atoms with van der Waals surface area (Å²) < 4.78 is 0. The monoisotopic (exact) mass is 263 g/mol. The number of fused-ring (bicyclic) bond motifs is 1. The van der Waals surface area contributed by atoms with Gasteiger partial charge in [0.15, 0.2) is 0 Å². The highest BCUT2D eigenvalue weighted by molar-refractivity contribution is 7.99. The zero-order chi connectivity index (χ0) is 12.8. The van der Waals surface area contributed by atoms with E-state index in [1.165, 1.54) is 11.3 Å². The maximum Gasteiger partial charge on any atom is 0.0991 e. The lowest BCUT2D eigenvalue weighted by molar-refractivity contribution is -0.0648. The summed E-state index contributed by atoms with van der Waals surface area (Å²) in [6.07, 6.45) is 2.03. The molecule has 18 heavy (non-hydrogen) atoms. The van der Waals surface area contributed by atoms with Crippen LogP contribution in [0.2, 0.25) is 0 Å². The molecule has 3 rings (SSSR count). The molecular weight excluding hydrogens is 242 g/mol. The van der Waals surface area contributed by atoms with Crippen molar-refractivity contribution in [3.63, 3.8) is 0 Å². The highest BCUT2D eigenvalue weighted by Crippen LogP contribution is 2.47. The van der Waals surface area contributed by atoms with E-state index in [1.807, 2.05) is 11.8 Å². The second-order valence-corrected chi connectivity index (χ2v) is 7.27. The first-order valence-electron chi connectivity index (χ1n) is 6.67. The van der Waals surface area contributed by atoms with Crippen molar-refractivity contribution in [3.8, 4) is 0 Å². The molecule has 98 valence electrons. The number of benzene rings is 1. The number of para-hydroxylation sites is 1. The molecule has 0 saturated carbocycles. The van der Waals surface area contributed by atoms with Gasteiger partial charge in [0, 0.05) is 11.4 Å². The molecule has 1 saturated heterocycles. The SMILES string of the molecule is CC1(C)CCSCC1(O)C1Cc2ccccc2N1. The van der Waals surface area contributed by atoms with Crippen molar-refractivity contribution >= 4 is 17.4 Å². The molecule has 2 N–H and O–H groups in total. The van der Waals surface area contributed by atoms with Crippen molar-refractivity contribution in [1.82, 2.24) is 0 Å². The molecule has 1 fully saturated rings. The number of aliphatic hydroxyl groups is 1. The molecule has 0 bridgehead atoms. The van der Waals surface area contributed by atoms with Crippen LogP contribution in [-0.4, -0.2) is 28.3 Å². The Kier molecular flexibility index (Phi) is 2.87. The maximum absolute atomic E-state index is 11.2. The van der Waals surface area contributed by atoms with Crippen LogP contribution >= 0.6 is 11.8 Å². The van der Waals surface area contributed by atoms with Crippen molar-refractivity contribution in [1.29, 1.82) is 0 Å². The van der Waals surface area contributed by atoms with Gasteiger partial charge >= 0.3 is 0 Å². The zero-order valence-electron chi connectivity index (χ0n) is 11.1. The highest BCUT2D eigenvalue weighted by Gasteiger charge is 2.52. The van der Waals surface area contributed by atoms with E-state index >= 15 is 0 Å². The Labute approximate surface area is 113 Å². The Balaban J connectivity index is 1.88. The second-order valence-electron chi connectivity index (χ2n) is 6.17. The molecule has 2 atom stereocenters. The standard InChI is InChI=1S/C15H21NOS/c1-14(2)7-8-18-10-15(14,17)13-9-11-5-3-4-6-12(11)16-13/h3-6,13,16-17H,7-10H2,1-2H3. The molecule has 1 aromatic carbocycles. The molecule has 1 aromatic rings. The van der Waals surface area contributed by atoms with Crippen LogP contribution in [0.3, 0.4) is 0 Å².